The molecule has 10 rings (SSSR count). The van der Waals surface area contributed by atoms with Gasteiger partial charge in [0.25, 0.3) is 6.33 Å². The van der Waals surface area contributed by atoms with Crippen LogP contribution in [0.2, 0.25) is 0 Å². The number of pyridine rings is 2. The van der Waals surface area contributed by atoms with Crippen molar-refractivity contribution >= 4 is 33.0 Å². The van der Waals surface area contributed by atoms with E-state index in [-0.39, 0.29) is 33.4 Å². The first-order valence-corrected chi connectivity index (χ1v) is 20.3. The average Bonchev–Trinajstić information content (AvgIpc) is 3.93. The van der Waals surface area contributed by atoms with E-state index in [2.05, 4.69) is 27.1 Å². The van der Waals surface area contributed by atoms with Gasteiger partial charge in [-0.25, -0.2) is 9.97 Å². The second kappa shape index (κ2) is 15.3. The Morgan fingerprint density at radius 1 is 0.677 bits per heavy atom. The largest absolute Gasteiger partial charge is 0.458 e. The van der Waals surface area contributed by atoms with Gasteiger partial charge in [0.2, 0.25) is 0 Å². The first-order chi connectivity index (χ1) is 34.9. The van der Waals surface area contributed by atoms with E-state index in [1.165, 1.54) is 0 Å². The summed E-state index contributed by atoms with van der Waals surface area (Å²) in [6.45, 7) is 11.9. The van der Waals surface area contributed by atoms with E-state index in [1.807, 2.05) is 98.1 Å². The number of para-hydroxylation sites is 3. The van der Waals surface area contributed by atoms with Crippen molar-refractivity contribution < 1.29 is 25.8 Å². The summed E-state index contributed by atoms with van der Waals surface area (Å²) in [5, 5.41) is 0.850. The lowest BCUT2D eigenvalue weighted by Gasteiger charge is -2.19. The number of hydrogen-bond donors (Lipinski definition) is 0. The molecule has 62 heavy (non-hydrogen) atoms. The molecule has 4 aromatic heterocycles. The zero-order chi connectivity index (χ0) is 53.1. The van der Waals surface area contributed by atoms with E-state index in [9.17, 15) is 0 Å². The van der Waals surface area contributed by atoms with E-state index in [0.717, 1.165) is 27.6 Å². The summed E-state index contributed by atoms with van der Waals surface area (Å²) in [5.41, 5.74) is 4.63. The lowest BCUT2D eigenvalue weighted by Crippen LogP contribution is -2.31. The zero-order valence-corrected chi connectivity index (χ0v) is 35.1. The molecule has 0 bridgehead atoms. The van der Waals surface area contributed by atoms with Crippen molar-refractivity contribution in [3.05, 3.63) is 193 Å². The fraction of sp³-hybridized carbons (Fsp3) is 0.161. The van der Waals surface area contributed by atoms with Gasteiger partial charge < -0.3 is 4.74 Å². The third kappa shape index (κ3) is 7.32. The molecule has 6 heteroatoms. The Morgan fingerprint density at radius 3 is 2.08 bits per heavy atom. The minimum atomic E-state index is -1.68. The maximum absolute atomic E-state index is 9.08. The van der Waals surface area contributed by atoms with E-state index in [1.54, 1.807) is 51.7 Å². The number of fused-ring (bicyclic) bond motifs is 4. The molecule has 10 aromatic rings. The topological polar surface area (TPSA) is 48.8 Å². The Morgan fingerprint density at radius 2 is 1.37 bits per heavy atom. The van der Waals surface area contributed by atoms with Crippen LogP contribution in [0.25, 0.3) is 72.4 Å². The summed E-state index contributed by atoms with van der Waals surface area (Å²) < 4.78 is 117. The van der Waals surface area contributed by atoms with Crippen LogP contribution in [0.1, 0.15) is 69.2 Å². The molecule has 0 N–H and O–H groups in total. The Hall–Kier alpha value is -7.31. The summed E-state index contributed by atoms with van der Waals surface area (Å²) in [6.07, 6.45) is 3.38. The van der Waals surface area contributed by atoms with Crippen molar-refractivity contribution in [3.63, 3.8) is 0 Å². The Kier molecular flexibility index (Phi) is 6.79. The molecule has 0 aliphatic rings. The zero-order valence-electron chi connectivity index (χ0n) is 47.1. The van der Waals surface area contributed by atoms with Gasteiger partial charge in [0.15, 0.2) is 0 Å². The van der Waals surface area contributed by atoms with Gasteiger partial charge in [-0.2, -0.15) is 0 Å². The summed E-state index contributed by atoms with van der Waals surface area (Å²) in [5.74, 6) is 1.46. The number of imidazole rings is 1. The van der Waals surface area contributed by atoms with Crippen LogP contribution >= 0.6 is 0 Å². The number of aromatic nitrogens is 5. The summed E-state index contributed by atoms with van der Waals surface area (Å²) in [6, 6.07) is 27.3. The average molecular weight is 820 g/mol. The molecule has 4 heterocycles. The molecule has 6 aromatic carbocycles. The quantitative estimate of drug-likeness (QED) is 0.113. The molecule has 304 valence electrons. The number of ether oxygens (including phenoxy) is 1. The monoisotopic (exact) mass is 819 g/mol. The molecule has 0 amide bonds. The van der Waals surface area contributed by atoms with Gasteiger partial charge in [0.1, 0.15) is 17.3 Å². The van der Waals surface area contributed by atoms with Crippen LogP contribution in [0.15, 0.2) is 176 Å². The molecule has 0 radical (unpaired) electrons. The Labute approximate surface area is 380 Å². The third-order valence-corrected chi connectivity index (χ3v) is 10.5. The number of benzene rings is 6. The molecular formula is C56H49N5O. The smallest absolute Gasteiger partial charge is 0.269 e. The summed E-state index contributed by atoms with van der Waals surface area (Å²) in [4.78, 5) is 9.94. The standard InChI is InChI=1S/C56H49N5O/c1-55(2,3)36-38-31-32-57-52(33-38)61-49-29-30-51(56(4,5)6)58-53(49)46-28-27-43(35-50(46)61)62-42-22-15-21-41(34-42)59-37-60(48-26-14-13-25-47(48)59)54-44(39-17-9-7-10-18-39)23-16-24-45(54)40-19-11-8-12-20-40/h7-35H,36H2,1-6H3/i7D,8D,9D,10D,11D,12D,17D,18D,19D,20D,36D2. The van der Waals surface area contributed by atoms with Crippen LogP contribution in [0.3, 0.4) is 0 Å². The summed E-state index contributed by atoms with van der Waals surface area (Å²) in [7, 11) is 0. The molecule has 0 saturated heterocycles. The van der Waals surface area contributed by atoms with E-state index < -0.39 is 72.2 Å². The third-order valence-electron chi connectivity index (χ3n) is 10.5. The SMILES string of the molecule is [2H]c1c([2H])c([2H])c(-c2cccc(-c3c([2H])c([2H])c([2H])c([2H])c3[2H])c2-[n+]2[c-]n(-c3cccc(Oc4ccc5c6nc(C(C)(C)C)ccc6n(-c6cc(C([2H])([2H])C(C)(C)C)ccn6)c5c4)c3)c3ccccc32)c([2H])c1[2H]. The van der Waals surface area contributed by atoms with E-state index >= 15 is 0 Å². The Bertz CT molecular complexity index is 3820. The first kappa shape index (κ1) is 27.5. The molecule has 6 nitrogen and oxygen atoms in total. The molecule has 0 atom stereocenters. The van der Waals surface area contributed by atoms with Crippen molar-refractivity contribution in [1.82, 2.24) is 19.1 Å². The lowest BCUT2D eigenvalue weighted by molar-refractivity contribution is -0.571. The highest BCUT2D eigenvalue weighted by Gasteiger charge is 2.23. The fourth-order valence-electron chi connectivity index (χ4n) is 7.83. The number of rotatable bonds is 8. The molecular weight excluding hydrogens is 759 g/mol. The van der Waals surface area contributed by atoms with Crippen LogP contribution < -0.4 is 9.30 Å². The predicted molar refractivity (Wildman–Crippen MR) is 253 cm³/mol. The maximum Gasteiger partial charge on any atom is 0.269 e. The second-order valence-electron chi connectivity index (χ2n) is 17.2. The minimum absolute atomic E-state index is 0.139. The highest BCUT2D eigenvalue weighted by molar-refractivity contribution is 6.07. The second-order valence-corrected chi connectivity index (χ2v) is 17.2. The number of hydrogen-bond acceptors (Lipinski definition) is 3. The first-order valence-electron chi connectivity index (χ1n) is 26.3. The van der Waals surface area contributed by atoms with Gasteiger partial charge in [-0.3, -0.25) is 13.7 Å². The van der Waals surface area contributed by atoms with Crippen LogP contribution in [0, 0.1) is 11.7 Å². The predicted octanol–water partition coefficient (Wildman–Crippen LogP) is 13.6. The van der Waals surface area contributed by atoms with Crippen LogP contribution in [0.4, 0.5) is 0 Å². The Balaban J connectivity index is 1.14. The van der Waals surface area contributed by atoms with E-state index in [4.69, 9.17) is 31.2 Å². The molecule has 0 unspecified atom stereocenters. The highest BCUT2D eigenvalue weighted by atomic mass is 16.5. The van der Waals surface area contributed by atoms with Crippen molar-refractivity contribution in [2.24, 2.45) is 5.41 Å². The molecule has 0 saturated carbocycles. The van der Waals surface area contributed by atoms with Gasteiger partial charge in [-0.05, 0) is 94.2 Å². The van der Waals surface area contributed by atoms with Crippen molar-refractivity contribution in [3.8, 4) is 50.9 Å². The van der Waals surface area contributed by atoms with Gasteiger partial charge in [0.05, 0.1) is 52.7 Å². The van der Waals surface area contributed by atoms with Gasteiger partial charge in [-0.1, -0.05) is 150 Å². The maximum atomic E-state index is 9.08. The fourth-order valence-corrected chi connectivity index (χ4v) is 7.83. The highest BCUT2D eigenvalue weighted by Crippen LogP contribution is 2.38. The van der Waals surface area contributed by atoms with Crippen LogP contribution in [0.5, 0.6) is 11.5 Å². The van der Waals surface area contributed by atoms with Gasteiger partial charge >= 0.3 is 0 Å². The van der Waals surface area contributed by atoms with Gasteiger partial charge in [-0.15, -0.1) is 0 Å². The lowest BCUT2D eigenvalue weighted by atomic mass is 9.88. The van der Waals surface area contributed by atoms with Crippen molar-refractivity contribution in [2.45, 2.75) is 53.3 Å². The number of nitrogens with zero attached hydrogens (tertiary/aromatic N) is 5. The van der Waals surface area contributed by atoms with Gasteiger partial charge in [0, 0.05) is 31.5 Å². The van der Waals surface area contributed by atoms with E-state index in [0.29, 0.717) is 39.6 Å². The van der Waals surface area contributed by atoms with Crippen molar-refractivity contribution in [1.29, 1.82) is 0 Å². The molecule has 0 spiro atoms. The van der Waals surface area contributed by atoms with Crippen molar-refractivity contribution in [2.75, 3.05) is 0 Å². The van der Waals surface area contributed by atoms with Crippen LogP contribution in [-0.4, -0.2) is 19.1 Å². The van der Waals surface area contributed by atoms with Crippen LogP contribution in [-0.2, 0) is 11.8 Å². The molecule has 0 fully saturated rings. The molecule has 0 aliphatic heterocycles. The minimum Gasteiger partial charge on any atom is -0.458 e. The molecule has 0 aliphatic carbocycles. The normalized spacial score (nSPS) is 15.1. The summed E-state index contributed by atoms with van der Waals surface area (Å²) >= 11 is 0.